The molecule has 2 rings (SSSR count). The smallest absolute Gasteiger partial charge is 0.242 e. The second kappa shape index (κ2) is 8.83. The summed E-state index contributed by atoms with van der Waals surface area (Å²) in [5, 5.41) is 0.505. The van der Waals surface area contributed by atoms with E-state index in [2.05, 4.69) is 23.5 Å². The molecule has 0 bridgehead atoms. The van der Waals surface area contributed by atoms with Gasteiger partial charge in [0.25, 0.3) is 0 Å². The second-order valence-electron chi connectivity index (χ2n) is 6.36. The van der Waals surface area contributed by atoms with Gasteiger partial charge in [-0.3, -0.25) is 4.90 Å². The van der Waals surface area contributed by atoms with Crippen molar-refractivity contribution in [3.8, 4) is 0 Å². The lowest BCUT2D eigenvalue weighted by Gasteiger charge is -2.35. The van der Waals surface area contributed by atoms with Gasteiger partial charge in [0, 0.05) is 30.7 Å². The maximum atomic E-state index is 12.6. The molecule has 1 saturated heterocycles. The van der Waals surface area contributed by atoms with E-state index in [9.17, 15) is 8.42 Å². The van der Waals surface area contributed by atoms with Gasteiger partial charge in [-0.25, -0.2) is 13.1 Å². The quantitative estimate of drug-likeness (QED) is 0.771. The highest BCUT2D eigenvalue weighted by Crippen LogP contribution is 2.25. The number of hydrogen-bond donors (Lipinski definition) is 1. The van der Waals surface area contributed by atoms with E-state index in [4.69, 9.17) is 27.9 Å². The zero-order chi connectivity index (χ0) is 17.7. The third-order valence-corrected chi connectivity index (χ3v) is 6.14. The molecule has 0 aromatic heterocycles. The first-order valence-electron chi connectivity index (χ1n) is 8.06. The van der Waals surface area contributed by atoms with Crippen LogP contribution in [0.2, 0.25) is 10.0 Å². The second-order valence-corrected chi connectivity index (χ2v) is 8.94. The van der Waals surface area contributed by atoms with Crippen molar-refractivity contribution in [3.05, 3.63) is 28.2 Å². The molecule has 0 saturated carbocycles. The molecule has 0 amide bonds. The first kappa shape index (κ1) is 19.9. The van der Waals surface area contributed by atoms with E-state index in [1.54, 1.807) is 6.07 Å². The summed E-state index contributed by atoms with van der Waals surface area (Å²) in [6.07, 6.45) is 0.909. The van der Waals surface area contributed by atoms with Crippen LogP contribution in [0.3, 0.4) is 0 Å². The predicted octanol–water partition coefficient (Wildman–Crippen LogP) is 3.02. The molecule has 1 fully saturated rings. The van der Waals surface area contributed by atoms with Crippen molar-refractivity contribution in [2.24, 2.45) is 5.92 Å². The standard InChI is InChI=1S/C16H24Cl2N2O3S/c1-12(2)9-14(20-5-7-23-8-6-20)11-19-24(21,22)16-10-13(17)3-4-15(16)18/h3-4,10,12,14,19H,5-9,11H2,1-2H3. The van der Waals surface area contributed by atoms with E-state index in [1.165, 1.54) is 12.1 Å². The van der Waals surface area contributed by atoms with E-state index in [-0.39, 0.29) is 16.0 Å². The highest BCUT2D eigenvalue weighted by molar-refractivity contribution is 7.89. The van der Waals surface area contributed by atoms with Gasteiger partial charge in [-0.2, -0.15) is 0 Å². The van der Waals surface area contributed by atoms with Crippen LogP contribution >= 0.6 is 23.2 Å². The normalized spacial score (nSPS) is 18.0. The average Bonchev–Trinajstić information content (AvgIpc) is 2.54. The number of rotatable bonds is 7. The molecule has 0 spiro atoms. The number of hydrogen-bond acceptors (Lipinski definition) is 4. The summed E-state index contributed by atoms with van der Waals surface area (Å²) in [6.45, 7) is 7.60. The molecular weight excluding hydrogens is 371 g/mol. The summed E-state index contributed by atoms with van der Waals surface area (Å²) in [6, 6.07) is 4.56. The fourth-order valence-corrected chi connectivity index (χ4v) is 4.65. The fraction of sp³-hybridized carbons (Fsp3) is 0.625. The molecule has 1 aromatic carbocycles. The van der Waals surface area contributed by atoms with Crippen molar-refractivity contribution in [2.45, 2.75) is 31.2 Å². The van der Waals surface area contributed by atoms with Crippen LogP contribution in [0.4, 0.5) is 0 Å². The topological polar surface area (TPSA) is 58.6 Å². The minimum atomic E-state index is -3.71. The number of benzene rings is 1. The number of sulfonamides is 1. The first-order valence-corrected chi connectivity index (χ1v) is 10.3. The fourth-order valence-electron chi connectivity index (χ4n) is 2.82. The molecule has 5 nitrogen and oxygen atoms in total. The Hall–Kier alpha value is -0.370. The minimum absolute atomic E-state index is 0.0157. The van der Waals surface area contributed by atoms with Gasteiger partial charge in [0.2, 0.25) is 10.0 Å². The van der Waals surface area contributed by atoms with Crippen LogP contribution < -0.4 is 4.72 Å². The van der Waals surface area contributed by atoms with Crippen molar-refractivity contribution in [2.75, 3.05) is 32.8 Å². The molecule has 24 heavy (non-hydrogen) atoms. The zero-order valence-corrected chi connectivity index (χ0v) is 16.3. The first-order chi connectivity index (χ1) is 11.3. The monoisotopic (exact) mass is 394 g/mol. The summed E-state index contributed by atoms with van der Waals surface area (Å²) in [5.74, 6) is 0.470. The molecule has 1 unspecified atom stereocenters. The largest absolute Gasteiger partial charge is 0.379 e. The van der Waals surface area contributed by atoms with Gasteiger partial charge in [-0.05, 0) is 30.5 Å². The molecule has 1 aliphatic rings. The summed E-state index contributed by atoms with van der Waals surface area (Å²) in [7, 11) is -3.71. The van der Waals surface area contributed by atoms with Crippen LogP contribution in [0.1, 0.15) is 20.3 Å². The number of nitrogens with zero attached hydrogens (tertiary/aromatic N) is 1. The average molecular weight is 395 g/mol. The number of halogens is 2. The molecular formula is C16H24Cl2N2O3S. The van der Waals surface area contributed by atoms with Gasteiger partial charge in [-0.15, -0.1) is 0 Å². The number of ether oxygens (including phenoxy) is 1. The van der Waals surface area contributed by atoms with E-state index in [1.807, 2.05) is 0 Å². The summed E-state index contributed by atoms with van der Waals surface area (Å²) in [4.78, 5) is 2.30. The van der Waals surface area contributed by atoms with Gasteiger partial charge in [0.15, 0.2) is 0 Å². The molecule has 8 heteroatoms. The van der Waals surface area contributed by atoms with Gasteiger partial charge in [0.05, 0.1) is 18.2 Å². The Bertz CT molecular complexity index is 647. The molecule has 1 aromatic rings. The van der Waals surface area contributed by atoms with Crippen molar-refractivity contribution in [1.29, 1.82) is 0 Å². The molecule has 0 aliphatic carbocycles. The van der Waals surface area contributed by atoms with Crippen LogP contribution in [0.15, 0.2) is 23.1 Å². The molecule has 1 N–H and O–H groups in total. The van der Waals surface area contributed by atoms with E-state index >= 15 is 0 Å². The minimum Gasteiger partial charge on any atom is -0.379 e. The lowest BCUT2D eigenvalue weighted by atomic mass is 10.0. The van der Waals surface area contributed by atoms with E-state index in [0.29, 0.717) is 30.7 Å². The Morgan fingerprint density at radius 3 is 2.54 bits per heavy atom. The van der Waals surface area contributed by atoms with Gasteiger partial charge < -0.3 is 4.74 Å². The van der Waals surface area contributed by atoms with Crippen molar-refractivity contribution in [1.82, 2.24) is 9.62 Å². The SMILES string of the molecule is CC(C)CC(CNS(=O)(=O)c1cc(Cl)ccc1Cl)N1CCOCC1. The summed E-state index contributed by atoms with van der Waals surface area (Å²) < 4.78 is 33.2. The van der Waals surface area contributed by atoms with Crippen LogP contribution in [-0.4, -0.2) is 52.2 Å². The van der Waals surface area contributed by atoms with Crippen LogP contribution in [0.5, 0.6) is 0 Å². The summed E-state index contributed by atoms with van der Waals surface area (Å²) >= 11 is 11.9. The zero-order valence-electron chi connectivity index (χ0n) is 14.0. The van der Waals surface area contributed by atoms with E-state index < -0.39 is 10.0 Å². The third-order valence-electron chi connectivity index (χ3n) is 4.00. The maximum absolute atomic E-state index is 12.6. The Morgan fingerprint density at radius 2 is 1.92 bits per heavy atom. The Labute approximate surface area is 154 Å². The van der Waals surface area contributed by atoms with Crippen molar-refractivity contribution < 1.29 is 13.2 Å². The third kappa shape index (κ3) is 5.58. The van der Waals surface area contributed by atoms with Crippen LogP contribution in [0.25, 0.3) is 0 Å². The Kier molecular flexibility index (Phi) is 7.34. The molecule has 1 atom stereocenters. The molecule has 136 valence electrons. The molecule has 0 radical (unpaired) electrons. The van der Waals surface area contributed by atoms with Gasteiger partial charge in [-0.1, -0.05) is 37.0 Å². The highest BCUT2D eigenvalue weighted by atomic mass is 35.5. The predicted molar refractivity (Wildman–Crippen MR) is 97.3 cm³/mol. The van der Waals surface area contributed by atoms with Gasteiger partial charge in [0.1, 0.15) is 4.90 Å². The molecule has 1 aliphatic heterocycles. The van der Waals surface area contributed by atoms with Crippen molar-refractivity contribution in [3.63, 3.8) is 0 Å². The lowest BCUT2D eigenvalue weighted by molar-refractivity contribution is 0.0134. The van der Waals surface area contributed by atoms with Crippen molar-refractivity contribution >= 4 is 33.2 Å². The maximum Gasteiger partial charge on any atom is 0.242 e. The highest BCUT2D eigenvalue weighted by Gasteiger charge is 2.25. The lowest BCUT2D eigenvalue weighted by Crippen LogP contribution is -2.49. The van der Waals surface area contributed by atoms with Crippen LogP contribution in [-0.2, 0) is 14.8 Å². The summed E-state index contributed by atoms with van der Waals surface area (Å²) in [5.41, 5.74) is 0. The number of nitrogens with one attached hydrogen (secondary N) is 1. The van der Waals surface area contributed by atoms with Gasteiger partial charge >= 0.3 is 0 Å². The number of morpholine rings is 1. The molecule has 1 heterocycles. The van der Waals surface area contributed by atoms with E-state index in [0.717, 1.165) is 19.5 Å². The Morgan fingerprint density at radius 1 is 1.25 bits per heavy atom. The van der Waals surface area contributed by atoms with Crippen LogP contribution in [0, 0.1) is 5.92 Å². The Balaban J connectivity index is 2.10.